The molecule has 3 atom stereocenters. The molecule has 2 aromatic rings. The summed E-state index contributed by atoms with van der Waals surface area (Å²) in [6.07, 6.45) is 7.67. The van der Waals surface area contributed by atoms with E-state index in [9.17, 15) is 4.79 Å². The van der Waals surface area contributed by atoms with Crippen LogP contribution in [0.5, 0.6) is 5.75 Å². The van der Waals surface area contributed by atoms with E-state index in [0.717, 1.165) is 41.0 Å². The van der Waals surface area contributed by atoms with E-state index in [1.54, 1.807) is 7.11 Å². The van der Waals surface area contributed by atoms with Gasteiger partial charge in [-0.25, -0.2) is 0 Å². The highest BCUT2D eigenvalue weighted by Crippen LogP contribution is 2.62. The van der Waals surface area contributed by atoms with Crippen LogP contribution >= 0.6 is 0 Å². The SMILES string of the molecule is COc1cccc2c(C(=O)NC3C4(C)CCC(C4)C3(C)C)c(C)n(CCN3CCCCC3)c12. The van der Waals surface area contributed by atoms with Crippen LogP contribution in [0, 0.1) is 23.7 Å². The molecule has 0 spiro atoms. The Labute approximate surface area is 198 Å². The van der Waals surface area contributed by atoms with E-state index in [2.05, 4.69) is 48.5 Å². The van der Waals surface area contributed by atoms with Crippen LogP contribution in [-0.4, -0.2) is 48.2 Å². The van der Waals surface area contributed by atoms with Gasteiger partial charge in [0, 0.05) is 30.2 Å². The highest BCUT2D eigenvalue weighted by atomic mass is 16.5. The summed E-state index contributed by atoms with van der Waals surface area (Å²) in [5, 5.41) is 4.55. The van der Waals surface area contributed by atoms with Crippen molar-refractivity contribution in [1.29, 1.82) is 0 Å². The van der Waals surface area contributed by atoms with Crippen molar-refractivity contribution in [2.45, 2.75) is 78.8 Å². The number of hydrogen-bond donors (Lipinski definition) is 1. The number of nitrogens with one attached hydrogen (secondary N) is 1. The fourth-order valence-corrected chi connectivity index (χ4v) is 7.52. The Kier molecular flexibility index (Phi) is 5.75. The Morgan fingerprint density at radius 2 is 1.91 bits per heavy atom. The number of benzene rings is 1. The molecule has 3 unspecified atom stereocenters. The number of rotatable bonds is 6. The number of likely N-dealkylation sites (tertiary alicyclic amines) is 1. The van der Waals surface area contributed by atoms with Crippen molar-refractivity contribution in [2.75, 3.05) is 26.7 Å². The zero-order chi connectivity index (χ0) is 23.4. The summed E-state index contributed by atoms with van der Waals surface area (Å²) in [6, 6.07) is 6.33. The van der Waals surface area contributed by atoms with Gasteiger partial charge in [0.05, 0.1) is 18.2 Å². The number of ether oxygens (including phenoxy) is 1. The van der Waals surface area contributed by atoms with E-state index in [1.165, 1.54) is 51.6 Å². The molecular formula is C28H41N3O2. The van der Waals surface area contributed by atoms with Crippen molar-refractivity contribution in [3.8, 4) is 5.75 Å². The fraction of sp³-hybridized carbons (Fsp3) is 0.679. The minimum absolute atomic E-state index is 0.0781. The summed E-state index contributed by atoms with van der Waals surface area (Å²) < 4.78 is 8.09. The molecule has 0 radical (unpaired) electrons. The molecule has 2 saturated carbocycles. The summed E-state index contributed by atoms with van der Waals surface area (Å²) in [5.74, 6) is 1.63. The van der Waals surface area contributed by atoms with Gasteiger partial charge in [-0.2, -0.15) is 0 Å². The Morgan fingerprint density at radius 3 is 2.58 bits per heavy atom. The average Bonchev–Trinajstić information content (AvgIpc) is 3.39. The lowest BCUT2D eigenvalue weighted by atomic mass is 9.68. The molecule has 1 aromatic carbocycles. The number of para-hydroxylation sites is 1. The van der Waals surface area contributed by atoms with Gasteiger partial charge in [-0.05, 0) is 74.9 Å². The number of hydrogen-bond acceptors (Lipinski definition) is 3. The van der Waals surface area contributed by atoms with E-state index in [1.807, 2.05) is 12.1 Å². The van der Waals surface area contributed by atoms with E-state index in [-0.39, 0.29) is 22.8 Å². The van der Waals surface area contributed by atoms with Gasteiger partial charge in [-0.1, -0.05) is 39.3 Å². The number of piperidine rings is 1. The van der Waals surface area contributed by atoms with Gasteiger partial charge in [0.25, 0.3) is 5.91 Å². The Hall–Kier alpha value is -2.01. The molecule has 3 aliphatic rings. The van der Waals surface area contributed by atoms with Crippen LogP contribution in [0.15, 0.2) is 18.2 Å². The van der Waals surface area contributed by atoms with E-state index in [0.29, 0.717) is 5.92 Å². The van der Waals surface area contributed by atoms with Crippen LogP contribution in [-0.2, 0) is 6.54 Å². The van der Waals surface area contributed by atoms with Crippen LogP contribution in [0.25, 0.3) is 10.9 Å². The molecule has 1 N–H and O–H groups in total. The second-order valence-electron chi connectivity index (χ2n) is 11.7. The summed E-state index contributed by atoms with van der Waals surface area (Å²) in [7, 11) is 1.73. The smallest absolute Gasteiger partial charge is 0.253 e. The van der Waals surface area contributed by atoms with Gasteiger partial charge in [0.15, 0.2) is 0 Å². The van der Waals surface area contributed by atoms with Gasteiger partial charge < -0.3 is 19.5 Å². The van der Waals surface area contributed by atoms with Crippen molar-refractivity contribution in [1.82, 2.24) is 14.8 Å². The first-order chi connectivity index (χ1) is 15.8. The average molecular weight is 452 g/mol. The van der Waals surface area contributed by atoms with Gasteiger partial charge in [0.1, 0.15) is 5.75 Å². The lowest BCUT2D eigenvalue weighted by Crippen LogP contribution is -2.52. The summed E-state index contributed by atoms with van der Waals surface area (Å²) in [6.45, 7) is 13.4. The minimum Gasteiger partial charge on any atom is -0.495 e. The second kappa shape index (κ2) is 8.33. The molecule has 3 fully saturated rings. The van der Waals surface area contributed by atoms with Crippen LogP contribution in [0.2, 0.25) is 0 Å². The maximum absolute atomic E-state index is 13.9. The zero-order valence-corrected chi connectivity index (χ0v) is 21.2. The molecule has 2 bridgehead atoms. The molecule has 1 aromatic heterocycles. The predicted molar refractivity (Wildman–Crippen MR) is 134 cm³/mol. The number of fused-ring (bicyclic) bond motifs is 3. The first-order valence-corrected chi connectivity index (χ1v) is 13.0. The molecule has 1 amide bonds. The first-order valence-electron chi connectivity index (χ1n) is 13.0. The standard InChI is InChI=1S/C28H41N3O2/c1-19-23(25(32)29-26-27(2,3)20-12-13-28(26,4)18-20)21-10-9-11-22(33-5)24(21)31(19)17-16-30-14-7-6-8-15-30/h9-11,20,26H,6-8,12-18H2,1-5H3,(H,29,32). The lowest BCUT2D eigenvalue weighted by molar-refractivity contribution is 0.0738. The number of carbonyl (C=O) groups excluding carboxylic acids is 1. The number of nitrogens with zero attached hydrogens (tertiary/aromatic N) is 2. The number of methoxy groups -OCH3 is 1. The third kappa shape index (κ3) is 3.67. The van der Waals surface area contributed by atoms with Crippen LogP contribution < -0.4 is 10.1 Å². The summed E-state index contributed by atoms with van der Waals surface area (Å²) in [5.41, 5.74) is 3.28. The third-order valence-corrected chi connectivity index (χ3v) is 9.39. The summed E-state index contributed by atoms with van der Waals surface area (Å²) >= 11 is 0. The van der Waals surface area contributed by atoms with Gasteiger partial charge in [-0.3, -0.25) is 4.79 Å². The highest BCUT2D eigenvalue weighted by molar-refractivity contribution is 6.09. The lowest BCUT2D eigenvalue weighted by Gasteiger charge is -2.43. The van der Waals surface area contributed by atoms with Crippen molar-refractivity contribution >= 4 is 16.8 Å². The topological polar surface area (TPSA) is 46.5 Å². The van der Waals surface area contributed by atoms with Crippen LogP contribution in [0.1, 0.15) is 75.3 Å². The van der Waals surface area contributed by atoms with Crippen molar-refractivity contribution in [3.05, 3.63) is 29.5 Å². The maximum Gasteiger partial charge on any atom is 0.253 e. The van der Waals surface area contributed by atoms with E-state index in [4.69, 9.17) is 4.74 Å². The molecule has 1 aliphatic heterocycles. The Balaban J connectivity index is 1.49. The van der Waals surface area contributed by atoms with Crippen molar-refractivity contribution in [2.24, 2.45) is 16.7 Å². The van der Waals surface area contributed by atoms with Gasteiger partial charge in [0.2, 0.25) is 0 Å². The molecular weight excluding hydrogens is 410 g/mol. The molecule has 5 heteroatoms. The van der Waals surface area contributed by atoms with Gasteiger partial charge >= 0.3 is 0 Å². The Morgan fingerprint density at radius 1 is 1.15 bits per heavy atom. The minimum atomic E-state index is 0.0781. The maximum atomic E-state index is 13.9. The molecule has 2 heterocycles. The van der Waals surface area contributed by atoms with Crippen LogP contribution in [0.3, 0.4) is 0 Å². The normalized spacial score (nSPS) is 29.0. The quantitative estimate of drug-likeness (QED) is 0.641. The van der Waals surface area contributed by atoms with Gasteiger partial charge in [-0.15, -0.1) is 0 Å². The third-order valence-electron chi connectivity index (χ3n) is 9.39. The highest BCUT2D eigenvalue weighted by Gasteiger charge is 2.59. The number of carbonyl (C=O) groups is 1. The summed E-state index contributed by atoms with van der Waals surface area (Å²) in [4.78, 5) is 16.4. The van der Waals surface area contributed by atoms with E-state index < -0.39 is 0 Å². The molecule has 5 rings (SSSR count). The molecule has 180 valence electrons. The molecule has 2 aliphatic carbocycles. The van der Waals surface area contributed by atoms with E-state index >= 15 is 0 Å². The number of amides is 1. The van der Waals surface area contributed by atoms with Crippen molar-refractivity contribution in [3.63, 3.8) is 0 Å². The largest absolute Gasteiger partial charge is 0.495 e. The fourth-order valence-electron chi connectivity index (χ4n) is 7.52. The Bertz CT molecular complexity index is 1040. The zero-order valence-electron chi connectivity index (χ0n) is 21.2. The second-order valence-corrected chi connectivity index (χ2v) is 11.7. The number of aromatic nitrogens is 1. The first kappa shape index (κ1) is 22.8. The van der Waals surface area contributed by atoms with Crippen LogP contribution in [0.4, 0.5) is 0 Å². The molecule has 5 nitrogen and oxygen atoms in total. The molecule has 33 heavy (non-hydrogen) atoms. The monoisotopic (exact) mass is 451 g/mol. The van der Waals surface area contributed by atoms with Crippen molar-refractivity contribution < 1.29 is 9.53 Å². The predicted octanol–water partition coefficient (Wildman–Crippen LogP) is 5.39. The molecule has 1 saturated heterocycles.